The lowest BCUT2D eigenvalue weighted by molar-refractivity contribution is 0.322. The third kappa shape index (κ3) is 5.63. The van der Waals surface area contributed by atoms with Crippen molar-refractivity contribution in [2.24, 2.45) is 0 Å². The number of nitrogens with one attached hydrogen (secondary N) is 1. The molecule has 1 aromatic rings. The molecule has 6 heteroatoms. The molecular formula is C15H22FNO3S. The molecule has 0 atom stereocenters. The van der Waals surface area contributed by atoms with Crippen molar-refractivity contribution >= 4 is 9.84 Å². The van der Waals surface area contributed by atoms with E-state index in [9.17, 15) is 12.8 Å². The van der Waals surface area contributed by atoms with Crippen molar-refractivity contribution in [1.29, 1.82) is 0 Å². The van der Waals surface area contributed by atoms with E-state index in [1.165, 1.54) is 18.9 Å². The molecule has 1 aliphatic carbocycles. The zero-order chi connectivity index (χ0) is 15.3. The first kappa shape index (κ1) is 16.2. The maximum absolute atomic E-state index is 13.9. The average Bonchev–Trinajstić information content (AvgIpc) is 3.22. The van der Waals surface area contributed by atoms with Crippen LogP contribution in [0.25, 0.3) is 0 Å². The smallest absolute Gasteiger partial charge is 0.165 e. The van der Waals surface area contributed by atoms with Gasteiger partial charge in [0.2, 0.25) is 0 Å². The zero-order valence-corrected chi connectivity index (χ0v) is 13.1. The van der Waals surface area contributed by atoms with Crippen LogP contribution < -0.4 is 10.1 Å². The van der Waals surface area contributed by atoms with E-state index in [1.807, 2.05) is 6.92 Å². The summed E-state index contributed by atoms with van der Waals surface area (Å²) in [6.07, 6.45) is 2.96. The molecule has 0 radical (unpaired) electrons. The number of rotatable bonds is 9. The molecule has 4 nitrogen and oxygen atoms in total. The summed E-state index contributed by atoms with van der Waals surface area (Å²) in [7, 11) is -3.09. The summed E-state index contributed by atoms with van der Waals surface area (Å²) >= 11 is 0. The molecule has 0 aromatic heterocycles. The van der Waals surface area contributed by atoms with Gasteiger partial charge in [0, 0.05) is 12.6 Å². The summed E-state index contributed by atoms with van der Waals surface area (Å²) in [6.45, 7) is 2.44. The molecule has 0 bridgehead atoms. The van der Waals surface area contributed by atoms with Crippen LogP contribution in [0.1, 0.15) is 31.7 Å². The van der Waals surface area contributed by atoms with Gasteiger partial charge in [-0.05, 0) is 37.0 Å². The van der Waals surface area contributed by atoms with Gasteiger partial charge in [-0.15, -0.1) is 0 Å². The summed E-state index contributed by atoms with van der Waals surface area (Å²) in [6, 6.07) is 5.37. The molecule has 0 spiro atoms. The van der Waals surface area contributed by atoms with Gasteiger partial charge in [0.15, 0.2) is 21.4 Å². The molecule has 2 rings (SSSR count). The summed E-state index contributed by atoms with van der Waals surface area (Å²) in [5.41, 5.74) is 0.866. The van der Waals surface area contributed by atoms with E-state index in [0.29, 0.717) is 19.0 Å². The number of benzene rings is 1. The standard InChI is InChI=1S/C15H22FNO3S/c1-2-8-21(18,19)9-7-20-15-6-3-12(10-14(15)16)11-17-13-4-5-13/h3,6,10,13,17H,2,4-5,7-9,11H2,1H3. The second-order valence-corrected chi connectivity index (χ2v) is 7.72. The molecular weight excluding hydrogens is 293 g/mol. The number of sulfone groups is 1. The van der Waals surface area contributed by atoms with Gasteiger partial charge in [0.1, 0.15) is 6.61 Å². The lowest BCUT2D eigenvalue weighted by Gasteiger charge is -2.09. The van der Waals surface area contributed by atoms with Crippen LogP contribution in [0.4, 0.5) is 4.39 Å². The number of hydrogen-bond donors (Lipinski definition) is 1. The van der Waals surface area contributed by atoms with Crippen LogP contribution in [0.3, 0.4) is 0 Å². The number of hydrogen-bond acceptors (Lipinski definition) is 4. The van der Waals surface area contributed by atoms with Gasteiger partial charge in [-0.2, -0.15) is 0 Å². The van der Waals surface area contributed by atoms with Crippen molar-refractivity contribution in [2.45, 2.75) is 38.8 Å². The summed E-state index contributed by atoms with van der Waals surface area (Å²) in [5, 5.41) is 3.31. The number of ether oxygens (including phenoxy) is 1. The normalized spacial score (nSPS) is 15.1. The molecule has 0 saturated heterocycles. The minimum Gasteiger partial charge on any atom is -0.489 e. The van der Waals surface area contributed by atoms with Gasteiger partial charge in [0.25, 0.3) is 0 Å². The molecule has 1 fully saturated rings. The maximum Gasteiger partial charge on any atom is 0.165 e. The third-order valence-electron chi connectivity index (χ3n) is 3.34. The van der Waals surface area contributed by atoms with Crippen LogP contribution in [0.15, 0.2) is 18.2 Å². The predicted molar refractivity (Wildman–Crippen MR) is 80.7 cm³/mol. The quantitative estimate of drug-likeness (QED) is 0.759. The average molecular weight is 315 g/mol. The summed E-state index contributed by atoms with van der Waals surface area (Å²) in [4.78, 5) is 0. The van der Waals surface area contributed by atoms with Gasteiger partial charge < -0.3 is 10.1 Å². The Hall–Kier alpha value is -1.14. The molecule has 1 saturated carbocycles. The van der Waals surface area contributed by atoms with Crippen LogP contribution in [0, 0.1) is 5.82 Å². The van der Waals surface area contributed by atoms with Crippen molar-refractivity contribution in [3.63, 3.8) is 0 Å². The van der Waals surface area contributed by atoms with E-state index < -0.39 is 15.7 Å². The van der Waals surface area contributed by atoms with Gasteiger partial charge in [0.05, 0.1) is 11.5 Å². The summed E-state index contributed by atoms with van der Waals surface area (Å²) < 4.78 is 42.2. The van der Waals surface area contributed by atoms with Crippen LogP contribution >= 0.6 is 0 Å². The molecule has 118 valence electrons. The van der Waals surface area contributed by atoms with E-state index in [-0.39, 0.29) is 23.9 Å². The highest BCUT2D eigenvalue weighted by atomic mass is 32.2. The van der Waals surface area contributed by atoms with Crippen molar-refractivity contribution in [1.82, 2.24) is 5.32 Å². The first-order valence-electron chi connectivity index (χ1n) is 7.35. The van der Waals surface area contributed by atoms with E-state index in [2.05, 4.69) is 5.32 Å². The molecule has 0 unspecified atom stereocenters. The predicted octanol–water partition coefficient (Wildman–Crippen LogP) is 2.28. The zero-order valence-electron chi connectivity index (χ0n) is 12.3. The Kier molecular flexibility index (Phi) is 5.58. The fourth-order valence-corrected chi connectivity index (χ4v) is 3.18. The fourth-order valence-electron chi connectivity index (χ4n) is 2.01. The van der Waals surface area contributed by atoms with E-state index in [4.69, 9.17) is 4.74 Å². The van der Waals surface area contributed by atoms with E-state index >= 15 is 0 Å². The highest BCUT2D eigenvalue weighted by Gasteiger charge is 2.20. The van der Waals surface area contributed by atoms with Gasteiger partial charge in [-0.1, -0.05) is 13.0 Å². The molecule has 1 aromatic carbocycles. The van der Waals surface area contributed by atoms with Crippen molar-refractivity contribution in [2.75, 3.05) is 18.1 Å². The Morgan fingerprint density at radius 2 is 2.10 bits per heavy atom. The van der Waals surface area contributed by atoms with Crippen LogP contribution in [0.2, 0.25) is 0 Å². The fraction of sp³-hybridized carbons (Fsp3) is 0.600. The van der Waals surface area contributed by atoms with Crippen LogP contribution in [-0.2, 0) is 16.4 Å². The van der Waals surface area contributed by atoms with Gasteiger partial charge >= 0.3 is 0 Å². The maximum atomic E-state index is 13.9. The minimum atomic E-state index is -3.09. The Morgan fingerprint density at radius 1 is 1.33 bits per heavy atom. The monoisotopic (exact) mass is 315 g/mol. The molecule has 0 amide bonds. The Morgan fingerprint density at radius 3 is 2.71 bits per heavy atom. The second-order valence-electron chi connectivity index (χ2n) is 5.42. The van der Waals surface area contributed by atoms with Crippen molar-refractivity contribution < 1.29 is 17.5 Å². The molecule has 1 N–H and O–H groups in total. The molecule has 1 aliphatic rings. The second kappa shape index (κ2) is 7.22. The SMILES string of the molecule is CCCS(=O)(=O)CCOc1ccc(CNC2CC2)cc1F. The van der Waals surface area contributed by atoms with Crippen LogP contribution in [-0.4, -0.2) is 32.6 Å². The highest BCUT2D eigenvalue weighted by Crippen LogP contribution is 2.21. The van der Waals surface area contributed by atoms with Crippen LogP contribution in [0.5, 0.6) is 5.75 Å². The van der Waals surface area contributed by atoms with Crippen molar-refractivity contribution in [3.05, 3.63) is 29.6 Å². The molecule has 0 aliphatic heterocycles. The minimum absolute atomic E-state index is 0.0150. The summed E-state index contributed by atoms with van der Waals surface area (Å²) in [5.74, 6) is -0.273. The molecule has 0 heterocycles. The largest absolute Gasteiger partial charge is 0.489 e. The van der Waals surface area contributed by atoms with Crippen molar-refractivity contribution in [3.8, 4) is 5.75 Å². The Balaban J connectivity index is 1.82. The Bertz CT molecular complexity index is 570. The first-order valence-corrected chi connectivity index (χ1v) is 9.17. The molecule has 21 heavy (non-hydrogen) atoms. The van der Waals surface area contributed by atoms with E-state index in [0.717, 1.165) is 5.56 Å². The highest BCUT2D eigenvalue weighted by molar-refractivity contribution is 7.91. The van der Waals surface area contributed by atoms with Gasteiger partial charge in [-0.3, -0.25) is 0 Å². The Labute approximate surface area is 125 Å². The lowest BCUT2D eigenvalue weighted by Crippen LogP contribution is -2.17. The number of halogens is 1. The third-order valence-corrected chi connectivity index (χ3v) is 5.15. The van der Waals surface area contributed by atoms with E-state index in [1.54, 1.807) is 12.1 Å². The lowest BCUT2D eigenvalue weighted by atomic mass is 10.2. The van der Waals surface area contributed by atoms with Gasteiger partial charge in [-0.25, -0.2) is 12.8 Å². The topological polar surface area (TPSA) is 55.4 Å². The first-order chi connectivity index (χ1) is 10.00.